The molecule has 1 N–H and O–H groups in total. The van der Waals surface area contributed by atoms with Gasteiger partial charge in [0.25, 0.3) is 0 Å². The first-order chi connectivity index (χ1) is 9.15. The van der Waals surface area contributed by atoms with Crippen LogP contribution in [0.3, 0.4) is 0 Å². The fourth-order valence-corrected chi connectivity index (χ4v) is 2.89. The maximum Gasteiger partial charge on any atom is 0.0972 e. The molecule has 0 bridgehead atoms. The van der Waals surface area contributed by atoms with E-state index in [1.165, 1.54) is 11.5 Å². The maximum atomic E-state index is 10.4. The molecule has 1 unspecified atom stereocenters. The molecule has 104 valence electrons. The van der Waals surface area contributed by atoms with Crippen LogP contribution in [0.15, 0.2) is 6.07 Å². The first-order valence-corrected chi connectivity index (χ1v) is 7.45. The third-order valence-electron chi connectivity index (χ3n) is 3.06. The first-order valence-electron chi connectivity index (χ1n) is 6.68. The van der Waals surface area contributed by atoms with Crippen molar-refractivity contribution in [3.8, 4) is 0 Å². The molecular weight excluding hydrogens is 260 g/mol. The van der Waals surface area contributed by atoms with Crippen LogP contribution in [0, 0.1) is 6.92 Å². The standard InChI is InChI=1S/C13H20N4OS/c1-4-6-11-13(19-16-14-11)12(18)8-10-7-9(3)15-17(10)5-2/h7,12,18H,4-6,8H2,1-3H3. The van der Waals surface area contributed by atoms with Crippen LogP contribution in [0.2, 0.25) is 0 Å². The van der Waals surface area contributed by atoms with Crippen LogP contribution >= 0.6 is 11.5 Å². The Labute approximate surface area is 117 Å². The molecule has 0 amide bonds. The van der Waals surface area contributed by atoms with Crippen LogP contribution in [0.4, 0.5) is 0 Å². The average Bonchev–Trinajstić information content (AvgIpc) is 2.96. The molecule has 6 heteroatoms. The monoisotopic (exact) mass is 280 g/mol. The van der Waals surface area contributed by atoms with Crippen molar-refractivity contribution in [2.45, 2.75) is 52.7 Å². The van der Waals surface area contributed by atoms with Gasteiger partial charge in [0.15, 0.2) is 0 Å². The molecule has 2 rings (SSSR count). The fraction of sp³-hybridized carbons (Fsp3) is 0.615. The SMILES string of the molecule is CCCc1nnsc1C(O)Cc1cc(C)nn1CC. The number of hydrogen-bond donors (Lipinski definition) is 1. The van der Waals surface area contributed by atoms with Crippen molar-refractivity contribution in [3.63, 3.8) is 0 Å². The summed E-state index contributed by atoms with van der Waals surface area (Å²) >= 11 is 1.30. The molecule has 0 radical (unpaired) electrons. The molecule has 0 saturated carbocycles. The van der Waals surface area contributed by atoms with E-state index < -0.39 is 6.10 Å². The van der Waals surface area contributed by atoms with E-state index in [-0.39, 0.29) is 0 Å². The third-order valence-corrected chi connectivity index (χ3v) is 3.93. The number of nitrogens with zero attached hydrogens (tertiary/aromatic N) is 4. The Morgan fingerprint density at radius 1 is 1.42 bits per heavy atom. The summed E-state index contributed by atoms with van der Waals surface area (Å²) in [7, 11) is 0. The van der Waals surface area contributed by atoms with E-state index in [1.54, 1.807) is 0 Å². The zero-order valence-electron chi connectivity index (χ0n) is 11.6. The molecule has 0 aliphatic rings. The van der Waals surface area contributed by atoms with Gasteiger partial charge in [-0.2, -0.15) is 5.10 Å². The Morgan fingerprint density at radius 2 is 2.21 bits per heavy atom. The number of rotatable bonds is 6. The van der Waals surface area contributed by atoms with Crippen molar-refractivity contribution in [2.75, 3.05) is 0 Å². The Kier molecular flexibility index (Phi) is 4.66. The van der Waals surface area contributed by atoms with E-state index >= 15 is 0 Å². The highest BCUT2D eigenvalue weighted by Crippen LogP contribution is 2.25. The zero-order valence-corrected chi connectivity index (χ0v) is 12.4. The highest BCUT2D eigenvalue weighted by atomic mass is 32.1. The van der Waals surface area contributed by atoms with E-state index in [2.05, 4.69) is 28.5 Å². The number of hydrogen-bond acceptors (Lipinski definition) is 5. The van der Waals surface area contributed by atoms with Gasteiger partial charge in [-0.25, -0.2) is 0 Å². The van der Waals surface area contributed by atoms with Crippen molar-refractivity contribution in [1.29, 1.82) is 0 Å². The Balaban J connectivity index is 2.15. The van der Waals surface area contributed by atoms with Gasteiger partial charge >= 0.3 is 0 Å². The summed E-state index contributed by atoms with van der Waals surface area (Å²) in [5.74, 6) is 0. The second-order valence-corrected chi connectivity index (χ2v) is 5.43. The largest absolute Gasteiger partial charge is 0.387 e. The lowest BCUT2D eigenvalue weighted by atomic mass is 10.1. The summed E-state index contributed by atoms with van der Waals surface area (Å²) in [6, 6.07) is 2.03. The summed E-state index contributed by atoms with van der Waals surface area (Å²) in [5, 5.41) is 18.9. The van der Waals surface area contributed by atoms with Gasteiger partial charge in [0.2, 0.25) is 0 Å². The molecule has 0 aliphatic carbocycles. The van der Waals surface area contributed by atoms with Gasteiger partial charge in [-0.05, 0) is 37.9 Å². The molecule has 0 aliphatic heterocycles. The Bertz CT molecular complexity index is 534. The maximum absolute atomic E-state index is 10.4. The number of aliphatic hydroxyl groups excluding tert-OH is 1. The molecule has 1 atom stereocenters. The highest BCUT2D eigenvalue weighted by molar-refractivity contribution is 7.05. The van der Waals surface area contributed by atoms with Gasteiger partial charge in [0.05, 0.1) is 22.4 Å². The minimum atomic E-state index is -0.539. The van der Waals surface area contributed by atoms with Crippen molar-refractivity contribution in [3.05, 3.63) is 28.0 Å². The predicted molar refractivity (Wildman–Crippen MR) is 75.2 cm³/mol. The predicted octanol–water partition coefficient (Wildman–Crippen LogP) is 2.29. The quantitative estimate of drug-likeness (QED) is 0.882. The summed E-state index contributed by atoms with van der Waals surface area (Å²) in [6.07, 6.45) is 1.91. The van der Waals surface area contributed by atoms with Gasteiger partial charge in [-0.15, -0.1) is 5.10 Å². The van der Waals surface area contributed by atoms with Crippen LogP contribution in [-0.2, 0) is 19.4 Å². The molecule has 0 saturated heterocycles. The fourth-order valence-electron chi connectivity index (χ4n) is 2.21. The van der Waals surface area contributed by atoms with E-state index in [0.29, 0.717) is 6.42 Å². The minimum Gasteiger partial charge on any atom is -0.387 e. The van der Waals surface area contributed by atoms with E-state index in [9.17, 15) is 5.11 Å². The normalized spacial score (nSPS) is 12.8. The zero-order chi connectivity index (χ0) is 13.8. The molecular formula is C13H20N4OS. The molecule has 19 heavy (non-hydrogen) atoms. The second kappa shape index (κ2) is 6.25. The summed E-state index contributed by atoms with van der Waals surface area (Å²) < 4.78 is 5.90. The lowest BCUT2D eigenvalue weighted by Gasteiger charge is -2.10. The summed E-state index contributed by atoms with van der Waals surface area (Å²) in [4.78, 5) is 0.892. The molecule has 2 aromatic rings. The molecule has 0 spiro atoms. The van der Waals surface area contributed by atoms with Gasteiger partial charge in [-0.1, -0.05) is 17.8 Å². The average molecular weight is 280 g/mol. The van der Waals surface area contributed by atoms with Gasteiger partial charge in [0, 0.05) is 18.7 Å². The van der Waals surface area contributed by atoms with Crippen molar-refractivity contribution in [2.24, 2.45) is 0 Å². The Morgan fingerprint density at radius 3 is 2.89 bits per heavy atom. The van der Waals surface area contributed by atoms with Crippen molar-refractivity contribution >= 4 is 11.5 Å². The van der Waals surface area contributed by atoms with Crippen molar-refractivity contribution < 1.29 is 5.11 Å². The number of aromatic nitrogens is 4. The van der Waals surface area contributed by atoms with Gasteiger partial charge < -0.3 is 5.11 Å². The smallest absolute Gasteiger partial charge is 0.0972 e. The van der Waals surface area contributed by atoms with Gasteiger partial charge in [0.1, 0.15) is 0 Å². The van der Waals surface area contributed by atoms with Crippen LogP contribution < -0.4 is 0 Å². The molecule has 2 aromatic heterocycles. The lowest BCUT2D eigenvalue weighted by Crippen LogP contribution is -2.09. The van der Waals surface area contributed by atoms with Crippen LogP contribution in [0.5, 0.6) is 0 Å². The summed E-state index contributed by atoms with van der Waals surface area (Å²) in [5.41, 5.74) is 2.97. The topological polar surface area (TPSA) is 63.8 Å². The molecule has 0 fully saturated rings. The molecule has 2 heterocycles. The van der Waals surface area contributed by atoms with Crippen LogP contribution in [-0.4, -0.2) is 24.5 Å². The first kappa shape index (κ1) is 14.1. The second-order valence-electron chi connectivity index (χ2n) is 4.65. The van der Waals surface area contributed by atoms with Crippen LogP contribution in [0.25, 0.3) is 0 Å². The number of aryl methyl sites for hydroxylation is 3. The summed E-state index contributed by atoms with van der Waals surface area (Å²) in [6.45, 7) is 6.95. The van der Waals surface area contributed by atoms with E-state index in [1.807, 2.05) is 17.7 Å². The molecule has 5 nitrogen and oxygen atoms in total. The van der Waals surface area contributed by atoms with E-state index in [0.717, 1.165) is 41.3 Å². The lowest BCUT2D eigenvalue weighted by molar-refractivity contribution is 0.178. The van der Waals surface area contributed by atoms with Crippen LogP contribution in [0.1, 0.15) is 48.3 Å². The van der Waals surface area contributed by atoms with Crippen molar-refractivity contribution in [1.82, 2.24) is 19.4 Å². The third kappa shape index (κ3) is 3.19. The van der Waals surface area contributed by atoms with E-state index in [4.69, 9.17) is 0 Å². The van der Waals surface area contributed by atoms with Gasteiger partial charge in [-0.3, -0.25) is 4.68 Å². The highest BCUT2D eigenvalue weighted by Gasteiger charge is 2.19. The minimum absolute atomic E-state index is 0.539. The number of aliphatic hydroxyl groups is 1. The molecule has 0 aromatic carbocycles. The Hall–Kier alpha value is -1.27.